The number of aliphatic hydroxyl groups is 1. The molecule has 1 rings (SSSR count). The normalized spacial score (nSPS) is 13.3. The van der Waals surface area contributed by atoms with Crippen LogP contribution in [-0.2, 0) is 9.53 Å². The number of halogens is 1. The van der Waals surface area contributed by atoms with E-state index in [4.69, 9.17) is 5.53 Å². The minimum Gasteiger partial charge on any atom is -0.466 e. The highest BCUT2D eigenvalue weighted by atomic mass is 19.1. The molecular weight excluding hydrogens is 241 g/mol. The van der Waals surface area contributed by atoms with Crippen LogP contribution in [0.5, 0.6) is 0 Å². The Hall–Kier alpha value is -2.11. The average Bonchev–Trinajstić information content (AvgIpc) is 2.36. The highest BCUT2D eigenvalue weighted by molar-refractivity contribution is 5.77. The van der Waals surface area contributed by atoms with Crippen LogP contribution < -0.4 is 0 Å². The second-order valence-corrected chi connectivity index (χ2v) is 3.40. The molecule has 0 unspecified atom stereocenters. The molecule has 96 valence electrons. The zero-order valence-corrected chi connectivity index (χ0v) is 9.65. The van der Waals surface area contributed by atoms with Crippen LogP contribution in [0, 0.1) is 5.82 Å². The molecule has 0 heterocycles. The molecule has 18 heavy (non-hydrogen) atoms. The number of ether oxygens (including phenoxy) is 1. The van der Waals surface area contributed by atoms with Gasteiger partial charge in [0.05, 0.1) is 12.7 Å². The average molecular weight is 253 g/mol. The summed E-state index contributed by atoms with van der Waals surface area (Å²) in [6.45, 7) is 1.70. The van der Waals surface area contributed by atoms with Gasteiger partial charge < -0.3 is 9.84 Å². The van der Waals surface area contributed by atoms with Crippen LogP contribution in [0.3, 0.4) is 0 Å². The van der Waals surface area contributed by atoms with Crippen LogP contribution in [0.4, 0.5) is 4.39 Å². The number of azide groups is 1. The predicted octanol–water partition coefficient (Wildman–Crippen LogP) is 2.10. The minimum atomic E-state index is -1.39. The molecule has 0 spiro atoms. The Bertz CT molecular complexity index is 457. The van der Waals surface area contributed by atoms with Gasteiger partial charge in [0.15, 0.2) is 6.04 Å². The third-order valence-electron chi connectivity index (χ3n) is 2.21. The lowest BCUT2D eigenvalue weighted by Gasteiger charge is -2.17. The first kappa shape index (κ1) is 14.0. The highest BCUT2D eigenvalue weighted by Gasteiger charge is 2.28. The molecular formula is C11H12FN3O3. The van der Waals surface area contributed by atoms with Gasteiger partial charge in [-0.05, 0) is 30.2 Å². The maximum atomic E-state index is 12.7. The van der Waals surface area contributed by atoms with E-state index in [1.54, 1.807) is 6.92 Å². The summed E-state index contributed by atoms with van der Waals surface area (Å²) < 4.78 is 17.4. The molecule has 0 aromatic heterocycles. The number of esters is 1. The molecule has 1 aromatic carbocycles. The van der Waals surface area contributed by atoms with Crippen molar-refractivity contribution in [1.82, 2.24) is 0 Å². The summed E-state index contributed by atoms with van der Waals surface area (Å²) in [4.78, 5) is 14.0. The number of hydrogen-bond donors (Lipinski definition) is 1. The number of rotatable bonds is 5. The molecule has 0 saturated heterocycles. The summed E-state index contributed by atoms with van der Waals surface area (Å²) in [7, 11) is 0. The van der Waals surface area contributed by atoms with Gasteiger partial charge in [0.25, 0.3) is 0 Å². The summed E-state index contributed by atoms with van der Waals surface area (Å²) in [5, 5.41) is 13.1. The van der Waals surface area contributed by atoms with Gasteiger partial charge in [-0.2, -0.15) is 0 Å². The van der Waals surface area contributed by atoms with E-state index in [2.05, 4.69) is 14.8 Å². The van der Waals surface area contributed by atoms with Gasteiger partial charge in [0, 0.05) is 4.91 Å². The lowest BCUT2D eigenvalue weighted by atomic mass is 10.0. The van der Waals surface area contributed by atoms with Crippen LogP contribution in [0.1, 0.15) is 18.6 Å². The first-order valence-corrected chi connectivity index (χ1v) is 5.24. The fourth-order valence-corrected chi connectivity index (χ4v) is 1.36. The summed E-state index contributed by atoms with van der Waals surface area (Å²) in [5.74, 6) is -1.30. The second kappa shape index (κ2) is 6.58. The van der Waals surface area contributed by atoms with E-state index in [1.807, 2.05) is 0 Å². The van der Waals surface area contributed by atoms with Crippen molar-refractivity contribution in [2.45, 2.75) is 19.1 Å². The molecule has 0 saturated carbocycles. The Morgan fingerprint density at radius 2 is 2.17 bits per heavy atom. The number of benzene rings is 1. The van der Waals surface area contributed by atoms with Crippen molar-refractivity contribution >= 4 is 5.97 Å². The van der Waals surface area contributed by atoms with E-state index in [-0.39, 0.29) is 12.2 Å². The highest BCUT2D eigenvalue weighted by Crippen LogP contribution is 2.21. The molecule has 0 aliphatic heterocycles. The van der Waals surface area contributed by atoms with E-state index in [0.717, 1.165) is 12.1 Å². The number of carbonyl (C=O) groups excluding carboxylic acids is 1. The molecule has 6 nitrogen and oxygen atoms in total. The van der Waals surface area contributed by atoms with Crippen molar-refractivity contribution in [3.8, 4) is 0 Å². The van der Waals surface area contributed by atoms with E-state index < -0.39 is 23.9 Å². The quantitative estimate of drug-likeness (QED) is 0.376. The molecule has 0 aliphatic carbocycles. The van der Waals surface area contributed by atoms with Crippen LogP contribution >= 0.6 is 0 Å². The predicted molar refractivity (Wildman–Crippen MR) is 60.9 cm³/mol. The van der Waals surface area contributed by atoms with Gasteiger partial charge in [-0.25, -0.2) is 4.39 Å². The summed E-state index contributed by atoms with van der Waals surface area (Å²) in [6, 6.07) is 3.49. The first-order valence-electron chi connectivity index (χ1n) is 5.24. The summed E-state index contributed by atoms with van der Waals surface area (Å²) >= 11 is 0. The van der Waals surface area contributed by atoms with Crippen LogP contribution in [-0.4, -0.2) is 23.7 Å². The SMILES string of the molecule is CCOC(=O)[C@@H](N=[N+]=[N-])[C@@H](O)c1ccc(F)cc1. The molecule has 1 N–H and O–H groups in total. The smallest absolute Gasteiger partial charge is 0.317 e. The van der Waals surface area contributed by atoms with E-state index in [9.17, 15) is 14.3 Å². The fraction of sp³-hybridized carbons (Fsp3) is 0.364. The largest absolute Gasteiger partial charge is 0.466 e. The molecule has 2 atom stereocenters. The van der Waals surface area contributed by atoms with Crippen molar-refractivity contribution in [1.29, 1.82) is 0 Å². The fourth-order valence-electron chi connectivity index (χ4n) is 1.36. The van der Waals surface area contributed by atoms with Crippen molar-refractivity contribution < 1.29 is 19.0 Å². The molecule has 0 aliphatic rings. The Kier molecular flexibility index (Phi) is 5.10. The van der Waals surface area contributed by atoms with Gasteiger partial charge in [-0.15, -0.1) is 0 Å². The third kappa shape index (κ3) is 3.44. The summed E-state index contributed by atoms with van der Waals surface area (Å²) in [5.41, 5.74) is 8.64. The zero-order chi connectivity index (χ0) is 13.5. The standard InChI is InChI=1S/C11H12FN3O3/c1-2-18-11(17)9(14-15-13)10(16)7-3-5-8(12)6-4-7/h3-6,9-10,16H,2H2,1H3/t9-,10-/m0/s1. The van der Waals surface area contributed by atoms with Gasteiger partial charge >= 0.3 is 5.97 Å². The lowest BCUT2D eigenvalue weighted by molar-refractivity contribution is -0.147. The van der Waals surface area contributed by atoms with Gasteiger partial charge in [0.2, 0.25) is 0 Å². The molecule has 0 radical (unpaired) electrons. The Balaban J connectivity index is 2.95. The monoisotopic (exact) mass is 253 g/mol. The lowest BCUT2D eigenvalue weighted by Crippen LogP contribution is -2.28. The van der Waals surface area contributed by atoms with Crippen LogP contribution in [0.15, 0.2) is 29.4 Å². The Morgan fingerprint density at radius 1 is 1.56 bits per heavy atom. The van der Waals surface area contributed by atoms with Crippen molar-refractivity contribution in [3.05, 3.63) is 46.1 Å². The first-order chi connectivity index (χ1) is 8.60. The maximum absolute atomic E-state index is 12.7. The van der Waals surface area contributed by atoms with Crippen LogP contribution in [0.25, 0.3) is 10.4 Å². The van der Waals surface area contributed by atoms with Crippen LogP contribution in [0.2, 0.25) is 0 Å². The van der Waals surface area contributed by atoms with Gasteiger partial charge in [-0.3, -0.25) is 4.79 Å². The third-order valence-corrected chi connectivity index (χ3v) is 2.21. The van der Waals surface area contributed by atoms with E-state index in [0.29, 0.717) is 0 Å². The molecule has 0 amide bonds. The summed E-state index contributed by atoms with van der Waals surface area (Å²) in [6.07, 6.45) is -1.37. The van der Waals surface area contributed by atoms with Crippen molar-refractivity contribution in [2.75, 3.05) is 6.61 Å². The topological polar surface area (TPSA) is 95.3 Å². The number of nitrogens with zero attached hydrogens (tertiary/aromatic N) is 3. The molecule has 0 bridgehead atoms. The Labute approximate surface area is 103 Å². The van der Waals surface area contributed by atoms with E-state index >= 15 is 0 Å². The second-order valence-electron chi connectivity index (χ2n) is 3.40. The van der Waals surface area contributed by atoms with Gasteiger partial charge in [-0.1, -0.05) is 17.2 Å². The van der Waals surface area contributed by atoms with Gasteiger partial charge in [0.1, 0.15) is 5.82 Å². The number of carbonyl (C=O) groups is 1. The molecule has 1 aromatic rings. The number of hydrogen-bond acceptors (Lipinski definition) is 4. The van der Waals surface area contributed by atoms with E-state index in [1.165, 1.54) is 12.1 Å². The van der Waals surface area contributed by atoms with Crippen molar-refractivity contribution in [2.24, 2.45) is 5.11 Å². The molecule has 0 fully saturated rings. The van der Waals surface area contributed by atoms with Crippen molar-refractivity contribution in [3.63, 3.8) is 0 Å². The zero-order valence-electron chi connectivity index (χ0n) is 9.65. The maximum Gasteiger partial charge on any atom is 0.317 e. The minimum absolute atomic E-state index is 0.104. The Morgan fingerprint density at radius 3 is 2.67 bits per heavy atom. The molecule has 7 heteroatoms. The number of aliphatic hydroxyl groups excluding tert-OH is 1.